The fraction of sp³-hybridized carbons (Fsp3) is 0.522. The van der Waals surface area contributed by atoms with Gasteiger partial charge in [0.05, 0.1) is 28.1 Å². The molecule has 9 heteroatoms. The topological polar surface area (TPSA) is 87.5 Å². The first-order valence-corrected chi connectivity index (χ1v) is 12.0. The molecule has 2 aromatic heterocycles. The number of carbonyl (C=O) groups is 1. The largest absolute Gasteiger partial charge is 0.491 e. The number of ether oxygens (including phenoxy) is 3. The van der Waals surface area contributed by atoms with Crippen LogP contribution in [0.2, 0.25) is 0 Å². The van der Waals surface area contributed by atoms with Crippen molar-refractivity contribution in [2.75, 3.05) is 26.8 Å². The third kappa shape index (κ3) is 5.28. The highest BCUT2D eigenvalue weighted by atomic mass is 32.1. The fourth-order valence-electron chi connectivity index (χ4n) is 3.88. The van der Waals surface area contributed by atoms with E-state index in [0.717, 1.165) is 71.1 Å². The quantitative estimate of drug-likeness (QED) is 0.344. The fourth-order valence-corrected chi connectivity index (χ4v) is 4.78. The molecule has 2 unspecified atom stereocenters. The number of fused-ring (bicyclic) bond motifs is 1. The zero-order valence-corrected chi connectivity index (χ0v) is 19.4. The lowest BCUT2D eigenvalue weighted by Gasteiger charge is -2.23. The Hall–Kier alpha value is -2.49. The maximum Gasteiger partial charge on any atom is 0.293 e. The number of hydrogen-bond acceptors (Lipinski definition) is 8. The van der Waals surface area contributed by atoms with E-state index in [1.54, 1.807) is 11.3 Å². The number of rotatable bonds is 11. The normalized spacial score (nSPS) is 17.4. The number of aromatic nitrogens is 3. The molecule has 1 aromatic carbocycles. The second kappa shape index (κ2) is 10.9. The first-order valence-electron chi connectivity index (χ1n) is 11.1. The molecule has 3 aromatic rings. The number of nitrogens with zero attached hydrogens (tertiary/aromatic N) is 3. The van der Waals surface area contributed by atoms with E-state index < -0.39 is 0 Å². The van der Waals surface area contributed by atoms with Gasteiger partial charge in [-0.3, -0.25) is 4.79 Å². The monoisotopic (exact) mass is 458 g/mol. The Bertz CT molecular complexity index is 1030. The minimum Gasteiger partial charge on any atom is -0.491 e. The molecule has 0 amide bonds. The zero-order valence-electron chi connectivity index (χ0n) is 18.6. The standard InChI is InChI=1S/C23H30N4O4S/c1-16(8-10-24-2)31-17-6-7-19-18(13-17)23(26-27(19)22-5-3-4-11-30-22)20-14-25-21(32-20)9-12-29-15-28/h6-7,13-16,22,24H,3-5,8-12H2,1-2H3. The Kier molecular flexibility index (Phi) is 7.72. The van der Waals surface area contributed by atoms with Crippen LogP contribution in [0.5, 0.6) is 5.75 Å². The Morgan fingerprint density at radius 1 is 1.41 bits per heavy atom. The lowest BCUT2D eigenvalue weighted by molar-refractivity contribution is -0.128. The summed E-state index contributed by atoms with van der Waals surface area (Å²) < 4.78 is 19.0. The van der Waals surface area contributed by atoms with Crippen LogP contribution < -0.4 is 10.1 Å². The SMILES string of the molecule is CNCCC(C)Oc1ccc2c(c1)c(-c1cnc(CCOC=O)s1)nn2C1CCCCO1. The molecule has 1 aliphatic rings. The lowest BCUT2D eigenvalue weighted by atomic mass is 10.1. The summed E-state index contributed by atoms with van der Waals surface area (Å²) in [7, 11) is 1.95. The van der Waals surface area contributed by atoms with E-state index in [1.165, 1.54) is 0 Å². The highest BCUT2D eigenvalue weighted by Crippen LogP contribution is 2.37. The second-order valence-electron chi connectivity index (χ2n) is 7.95. The zero-order chi connectivity index (χ0) is 22.3. The van der Waals surface area contributed by atoms with Gasteiger partial charge in [0.25, 0.3) is 6.47 Å². The number of benzene rings is 1. The van der Waals surface area contributed by atoms with Crippen molar-refractivity contribution in [1.29, 1.82) is 0 Å². The third-order valence-corrected chi connectivity index (χ3v) is 6.60. The first-order chi connectivity index (χ1) is 15.7. The molecule has 4 rings (SSSR count). The van der Waals surface area contributed by atoms with Gasteiger partial charge >= 0.3 is 0 Å². The van der Waals surface area contributed by atoms with Crippen LogP contribution in [0.4, 0.5) is 0 Å². The van der Waals surface area contributed by atoms with Gasteiger partial charge in [0.15, 0.2) is 6.23 Å². The smallest absolute Gasteiger partial charge is 0.293 e. The van der Waals surface area contributed by atoms with Crippen LogP contribution in [0.1, 0.15) is 43.8 Å². The molecule has 3 heterocycles. The predicted octanol–water partition coefficient (Wildman–Crippen LogP) is 3.95. The van der Waals surface area contributed by atoms with Gasteiger partial charge in [-0.1, -0.05) is 0 Å². The summed E-state index contributed by atoms with van der Waals surface area (Å²) in [6, 6.07) is 6.16. The van der Waals surface area contributed by atoms with Crippen LogP contribution in [0.15, 0.2) is 24.4 Å². The molecule has 172 valence electrons. The highest BCUT2D eigenvalue weighted by molar-refractivity contribution is 7.15. The highest BCUT2D eigenvalue weighted by Gasteiger charge is 2.23. The molecule has 1 fully saturated rings. The number of hydrogen-bond donors (Lipinski definition) is 1. The summed E-state index contributed by atoms with van der Waals surface area (Å²) in [4.78, 5) is 15.9. The lowest BCUT2D eigenvalue weighted by Crippen LogP contribution is -2.19. The van der Waals surface area contributed by atoms with Gasteiger partial charge in [-0.05, 0) is 64.4 Å². The molecule has 0 bridgehead atoms. The molecule has 1 aliphatic heterocycles. The van der Waals surface area contributed by atoms with E-state index in [2.05, 4.69) is 29.4 Å². The molecule has 32 heavy (non-hydrogen) atoms. The summed E-state index contributed by atoms with van der Waals surface area (Å²) in [5.41, 5.74) is 1.91. The Labute approximate surface area is 191 Å². The average Bonchev–Trinajstić information content (AvgIpc) is 3.43. The van der Waals surface area contributed by atoms with Gasteiger partial charge in [-0.15, -0.1) is 11.3 Å². The molecule has 0 saturated carbocycles. The van der Waals surface area contributed by atoms with Gasteiger partial charge in [0.2, 0.25) is 0 Å². The first kappa shape index (κ1) is 22.7. The third-order valence-electron chi connectivity index (χ3n) is 5.53. The van der Waals surface area contributed by atoms with Crippen LogP contribution in [0, 0.1) is 0 Å². The van der Waals surface area contributed by atoms with Gasteiger partial charge in [0.1, 0.15) is 11.4 Å². The van der Waals surface area contributed by atoms with Gasteiger partial charge in [-0.25, -0.2) is 9.67 Å². The van der Waals surface area contributed by atoms with E-state index in [0.29, 0.717) is 19.5 Å². The molecule has 8 nitrogen and oxygen atoms in total. The van der Waals surface area contributed by atoms with Crippen LogP contribution in [0.25, 0.3) is 21.5 Å². The number of thiazole rings is 1. The molecule has 1 saturated heterocycles. The average molecular weight is 459 g/mol. The van der Waals surface area contributed by atoms with Crippen LogP contribution in [-0.4, -0.2) is 54.1 Å². The summed E-state index contributed by atoms with van der Waals surface area (Å²) in [5, 5.41) is 10.1. The van der Waals surface area contributed by atoms with Gasteiger partial charge in [0, 0.05) is 24.6 Å². The van der Waals surface area contributed by atoms with Crippen molar-refractivity contribution in [3.8, 4) is 16.3 Å². The number of carbonyl (C=O) groups excluding carboxylic acids is 1. The van der Waals surface area contributed by atoms with E-state index in [-0.39, 0.29) is 12.3 Å². The van der Waals surface area contributed by atoms with Crippen LogP contribution >= 0.6 is 11.3 Å². The maximum absolute atomic E-state index is 10.4. The van der Waals surface area contributed by atoms with Crippen molar-refractivity contribution in [2.45, 2.75) is 51.4 Å². The molecular weight excluding hydrogens is 428 g/mol. The maximum atomic E-state index is 10.4. The molecule has 0 radical (unpaired) electrons. The van der Waals surface area contributed by atoms with Gasteiger partial charge in [-0.2, -0.15) is 5.10 Å². The predicted molar refractivity (Wildman–Crippen MR) is 124 cm³/mol. The molecule has 0 aliphatic carbocycles. The van der Waals surface area contributed by atoms with Gasteiger partial charge < -0.3 is 19.5 Å². The van der Waals surface area contributed by atoms with Crippen molar-refractivity contribution >= 4 is 28.7 Å². The van der Waals surface area contributed by atoms with Crippen molar-refractivity contribution in [1.82, 2.24) is 20.1 Å². The molecular formula is C23H30N4O4S. The van der Waals surface area contributed by atoms with Crippen molar-refractivity contribution < 1.29 is 19.0 Å². The number of nitrogens with one attached hydrogen (secondary N) is 1. The minimum absolute atomic E-state index is 0.0605. The molecule has 2 atom stereocenters. The molecule has 1 N–H and O–H groups in total. The van der Waals surface area contributed by atoms with E-state index in [4.69, 9.17) is 19.3 Å². The van der Waals surface area contributed by atoms with Crippen LogP contribution in [0.3, 0.4) is 0 Å². The second-order valence-corrected chi connectivity index (χ2v) is 9.06. The van der Waals surface area contributed by atoms with Crippen molar-refractivity contribution in [3.05, 3.63) is 29.4 Å². The Morgan fingerprint density at radius 2 is 2.31 bits per heavy atom. The summed E-state index contributed by atoms with van der Waals surface area (Å²) in [5.74, 6) is 0.829. The Morgan fingerprint density at radius 3 is 3.09 bits per heavy atom. The van der Waals surface area contributed by atoms with E-state index >= 15 is 0 Å². The van der Waals surface area contributed by atoms with E-state index in [9.17, 15) is 4.79 Å². The van der Waals surface area contributed by atoms with Crippen molar-refractivity contribution in [2.24, 2.45) is 0 Å². The molecule has 0 spiro atoms. The minimum atomic E-state index is -0.0605. The van der Waals surface area contributed by atoms with Crippen LogP contribution in [-0.2, 0) is 20.7 Å². The van der Waals surface area contributed by atoms with Crippen molar-refractivity contribution in [3.63, 3.8) is 0 Å². The summed E-state index contributed by atoms with van der Waals surface area (Å²) in [6.07, 6.45) is 6.58. The summed E-state index contributed by atoms with van der Waals surface area (Å²) >= 11 is 1.57. The Balaban J connectivity index is 1.67. The van der Waals surface area contributed by atoms with E-state index in [1.807, 2.05) is 24.0 Å². The summed E-state index contributed by atoms with van der Waals surface area (Å²) in [6.45, 7) is 4.53.